The minimum Gasteiger partial charge on any atom is -0.508 e. The predicted octanol–water partition coefficient (Wildman–Crippen LogP) is 0.881. The molecule has 1 heterocycles. The number of sulfone groups is 1. The molecule has 1 saturated heterocycles. The van der Waals surface area contributed by atoms with Crippen LogP contribution in [0, 0.1) is 0 Å². The SMILES string of the molecule is CS(=O)(=O)C1CSCCN1C(=O)Cc1cccc(O)c1. The van der Waals surface area contributed by atoms with Gasteiger partial charge in [0.05, 0.1) is 6.42 Å². The lowest BCUT2D eigenvalue weighted by atomic mass is 10.1. The molecule has 5 nitrogen and oxygen atoms in total. The van der Waals surface area contributed by atoms with Gasteiger partial charge in [0, 0.05) is 24.3 Å². The summed E-state index contributed by atoms with van der Waals surface area (Å²) in [7, 11) is -3.29. The van der Waals surface area contributed by atoms with Crippen LogP contribution in [0.2, 0.25) is 0 Å². The Labute approximate surface area is 122 Å². The summed E-state index contributed by atoms with van der Waals surface area (Å²) in [6.45, 7) is 0.444. The van der Waals surface area contributed by atoms with Crippen LogP contribution in [0.15, 0.2) is 24.3 Å². The summed E-state index contributed by atoms with van der Waals surface area (Å²) in [4.78, 5) is 13.7. The Morgan fingerprint density at radius 2 is 2.25 bits per heavy atom. The summed E-state index contributed by atoms with van der Waals surface area (Å²) in [6.07, 6.45) is 1.27. The van der Waals surface area contributed by atoms with Crippen molar-refractivity contribution in [3.63, 3.8) is 0 Å². The van der Waals surface area contributed by atoms with Crippen molar-refractivity contribution < 1.29 is 18.3 Å². The van der Waals surface area contributed by atoms with Crippen LogP contribution in [0.5, 0.6) is 5.75 Å². The van der Waals surface area contributed by atoms with Crippen LogP contribution in [0.4, 0.5) is 0 Å². The molecule has 0 bridgehead atoms. The van der Waals surface area contributed by atoms with Crippen LogP contribution in [0.1, 0.15) is 5.56 Å². The van der Waals surface area contributed by atoms with Gasteiger partial charge in [0.1, 0.15) is 11.1 Å². The summed E-state index contributed by atoms with van der Waals surface area (Å²) < 4.78 is 23.5. The number of benzene rings is 1. The smallest absolute Gasteiger partial charge is 0.228 e. The van der Waals surface area contributed by atoms with E-state index in [9.17, 15) is 18.3 Å². The van der Waals surface area contributed by atoms with Crippen LogP contribution >= 0.6 is 11.8 Å². The van der Waals surface area contributed by atoms with E-state index < -0.39 is 15.2 Å². The van der Waals surface area contributed by atoms with E-state index in [1.54, 1.807) is 23.9 Å². The minimum absolute atomic E-state index is 0.101. The van der Waals surface area contributed by atoms with Gasteiger partial charge in [-0.05, 0) is 17.7 Å². The van der Waals surface area contributed by atoms with Gasteiger partial charge >= 0.3 is 0 Å². The molecule has 0 aromatic heterocycles. The van der Waals surface area contributed by atoms with Crippen LogP contribution in [-0.4, -0.2) is 54.0 Å². The quantitative estimate of drug-likeness (QED) is 0.896. The summed E-state index contributed by atoms with van der Waals surface area (Å²) in [5.41, 5.74) is 0.681. The van der Waals surface area contributed by atoms with E-state index in [1.807, 2.05) is 0 Å². The zero-order valence-electron chi connectivity index (χ0n) is 11.2. The lowest BCUT2D eigenvalue weighted by molar-refractivity contribution is -0.130. The van der Waals surface area contributed by atoms with Gasteiger partial charge in [0.25, 0.3) is 0 Å². The molecule has 20 heavy (non-hydrogen) atoms. The molecule has 1 aliphatic rings. The highest BCUT2D eigenvalue weighted by atomic mass is 32.2. The fourth-order valence-electron chi connectivity index (χ4n) is 2.16. The van der Waals surface area contributed by atoms with E-state index in [2.05, 4.69) is 0 Å². The van der Waals surface area contributed by atoms with Gasteiger partial charge in [-0.25, -0.2) is 8.42 Å². The zero-order valence-corrected chi connectivity index (χ0v) is 12.8. The van der Waals surface area contributed by atoms with Gasteiger partial charge in [-0.3, -0.25) is 4.79 Å². The number of aromatic hydroxyl groups is 1. The normalized spacial score (nSPS) is 19.9. The highest BCUT2D eigenvalue weighted by Gasteiger charge is 2.33. The lowest BCUT2D eigenvalue weighted by Crippen LogP contribution is -2.50. The first kappa shape index (κ1) is 15.2. The van der Waals surface area contributed by atoms with E-state index in [1.165, 1.54) is 17.0 Å². The average molecular weight is 315 g/mol. The summed E-state index contributed by atoms with van der Waals surface area (Å²) in [5.74, 6) is 1.05. The van der Waals surface area contributed by atoms with Gasteiger partial charge in [0.2, 0.25) is 5.91 Å². The minimum atomic E-state index is -3.29. The van der Waals surface area contributed by atoms with E-state index in [-0.39, 0.29) is 18.1 Å². The van der Waals surface area contributed by atoms with E-state index in [4.69, 9.17) is 0 Å². The second kappa shape index (κ2) is 6.05. The van der Waals surface area contributed by atoms with Gasteiger partial charge in [-0.1, -0.05) is 12.1 Å². The molecule has 1 unspecified atom stereocenters. The highest BCUT2D eigenvalue weighted by molar-refractivity contribution is 8.00. The first-order chi connectivity index (χ1) is 9.38. The molecule has 7 heteroatoms. The molecule has 1 aliphatic heterocycles. The Hall–Kier alpha value is -1.21. The van der Waals surface area contributed by atoms with Gasteiger partial charge in [-0.15, -0.1) is 0 Å². The first-order valence-electron chi connectivity index (χ1n) is 6.22. The van der Waals surface area contributed by atoms with Crippen LogP contribution in [-0.2, 0) is 21.1 Å². The van der Waals surface area contributed by atoms with Crippen molar-refractivity contribution in [1.29, 1.82) is 0 Å². The van der Waals surface area contributed by atoms with Crippen molar-refractivity contribution in [3.8, 4) is 5.75 Å². The van der Waals surface area contributed by atoms with Crippen molar-refractivity contribution in [1.82, 2.24) is 4.90 Å². The maximum Gasteiger partial charge on any atom is 0.228 e. The molecule has 0 saturated carbocycles. The second-order valence-electron chi connectivity index (χ2n) is 4.79. The molecule has 1 fully saturated rings. The standard InChI is InChI=1S/C13H17NO4S2/c1-20(17,18)13-9-19-6-5-14(13)12(16)8-10-3-2-4-11(15)7-10/h2-4,7,13,15H,5-6,8-9H2,1H3. The number of hydrogen-bond donors (Lipinski definition) is 1. The Morgan fingerprint density at radius 1 is 1.50 bits per heavy atom. The fraction of sp³-hybridized carbons (Fsp3) is 0.462. The maximum absolute atomic E-state index is 12.3. The molecule has 2 rings (SSSR count). The van der Waals surface area contributed by atoms with Crippen molar-refractivity contribution >= 4 is 27.5 Å². The Bertz CT molecular complexity index is 600. The van der Waals surface area contributed by atoms with Crippen LogP contribution < -0.4 is 0 Å². The number of phenolic OH excluding ortho intramolecular Hbond substituents is 1. The number of thioether (sulfide) groups is 1. The van der Waals surface area contributed by atoms with Crippen molar-refractivity contribution in [2.24, 2.45) is 0 Å². The van der Waals surface area contributed by atoms with E-state index in [0.717, 1.165) is 12.0 Å². The number of amides is 1. The summed E-state index contributed by atoms with van der Waals surface area (Å²) in [6, 6.07) is 6.46. The third kappa shape index (κ3) is 3.67. The van der Waals surface area contributed by atoms with Gasteiger partial charge in [0.15, 0.2) is 9.84 Å². The third-order valence-electron chi connectivity index (χ3n) is 3.17. The molecule has 1 aromatic rings. The van der Waals surface area contributed by atoms with Gasteiger partial charge < -0.3 is 10.0 Å². The molecule has 0 spiro atoms. The Kier molecular flexibility index (Phi) is 4.59. The second-order valence-corrected chi connectivity index (χ2v) is 8.15. The Morgan fingerprint density at radius 3 is 2.90 bits per heavy atom. The number of hydrogen-bond acceptors (Lipinski definition) is 5. The molecular formula is C13H17NO4S2. The molecule has 0 aliphatic carbocycles. The van der Waals surface area contributed by atoms with E-state index in [0.29, 0.717) is 17.9 Å². The monoisotopic (exact) mass is 315 g/mol. The number of nitrogens with zero attached hydrogens (tertiary/aromatic N) is 1. The van der Waals surface area contributed by atoms with Crippen molar-refractivity contribution in [3.05, 3.63) is 29.8 Å². The number of rotatable bonds is 3. The van der Waals surface area contributed by atoms with Crippen LogP contribution in [0.25, 0.3) is 0 Å². The molecule has 1 amide bonds. The molecule has 1 aromatic carbocycles. The summed E-state index contributed by atoms with van der Waals surface area (Å²) in [5, 5.41) is 8.65. The molecule has 0 radical (unpaired) electrons. The van der Waals surface area contributed by atoms with Crippen molar-refractivity contribution in [2.45, 2.75) is 11.8 Å². The highest BCUT2D eigenvalue weighted by Crippen LogP contribution is 2.22. The average Bonchev–Trinajstić information content (AvgIpc) is 2.37. The number of phenols is 1. The molecular weight excluding hydrogens is 298 g/mol. The van der Waals surface area contributed by atoms with Crippen LogP contribution in [0.3, 0.4) is 0 Å². The fourth-order valence-corrected chi connectivity index (χ4v) is 5.00. The lowest BCUT2D eigenvalue weighted by Gasteiger charge is -2.34. The number of carbonyl (C=O) groups excluding carboxylic acids is 1. The predicted molar refractivity (Wildman–Crippen MR) is 79.5 cm³/mol. The topological polar surface area (TPSA) is 74.7 Å². The van der Waals surface area contributed by atoms with Crippen molar-refractivity contribution in [2.75, 3.05) is 24.3 Å². The third-order valence-corrected chi connectivity index (χ3v) is 5.81. The molecule has 1 atom stereocenters. The zero-order chi connectivity index (χ0) is 14.8. The van der Waals surface area contributed by atoms with Gasteiger partial charge in [-0.2, -0.15) is 11.8 Å². The Balaban J connectivity index is 2.14. The number of carbonyl (C=O) groups is 1. The summed E-state index contributed by atoms with van der Waals surface area (Å²) >= 11 is 1.55. The van der Waals surface area contributed by atoms with E-state index >= 15 is 0 Å². The molecule has 110 valence electrons. The largest absolute Gasteiger partial charge is 0.508 e. The molecule has 1 N–H and O–H groups in total. The first-order valence-corrected chi connectivity index (χ1v) is 9.33. The maximum atomic E-state index is 12.3.